The molecule has 1 aliphatic heterocycles. The highest BCUT2D eigenvalue weighted by Crippen LogP contribution is 2.22. The van der Waals surface area contributed by atoms with E-state index in [0.29, 0.717) is 36.5 Å². The molecular formula is C21H22N2O5. The number of methoxy groups -OCH3 is 1. The lowest BCUT2D eigenvalue weighted by molar-refractivity contribution is -0.124. The number of hydrogen-bond acceptors (Lipinski definition) is 5. The number of amides is 2. The molecule has 7 nitrogen and oxygen atoms in total. The zero-order valence-electron chi connectivity index (χ0n) is 15.6. The van der Waals surface area contributed by atoms with Crippen molar-refractivity contribution in [3.8, 4) is 5.75 Å². The number of esters is 1. The highest BCUT2D eigenvalue weighted by molar-refractivity contribution is 5.97. The van der Waals surface area contributed by atoms with Crippen LogP contribution >= 0.6 is 0 Å². The molecule has 1 N–H and O–H groups in total. The van der Waals surface area contributed by atoms with Crippen LogP contribution in [-0.2, 0) is 20.9 Å². The summed E-state index contributed by atoms with van der Waals surface area (Å²) in [4.78, 5) is 37.7. The topological polar surface area (TPSA) is 84.9 Å². The first kappa shape index (κ1) is 19.4. The van der Waals surface area contributed by atoms with Gasteiger partial charge in [-0.25, -0.2) is 4.79 Å². The quantitative estimate of drug-likeness (QED) is 0.743. The van der Waals surface area contributed by atoms with Crippen molar-refractivity contribution in [2.45, 2.75) is 19.4 Å². The first-order valence-corrected chi connectivity index (χ1v) is 9.04. The third kappa shape index (κ3) is 4.88. The third-order valence-corrected chi connectivity index (χ3v) is 4.43. The zero-order chi connectivity index (χ0) is 19.9. The molecule has 146 valence electrons. The van der Waals surface area contributed by atoms with Gasteiger partial charge in [0.05, 0.1) is 12.7 Å². The van der Waals surface area contributed by atoms with E-state index in [0.717, 1.165) is 12.0 Å². The predicted octanol–water partition coefficient (Wildman–Crippen LogP) is 2.30. The fourth-order valence-corrected chi connectivity index (χ4v) is 2.97. The minimum Gasteiger partial charge on any atom is -0.497 e. The van der Waals surface area contributed by atoms with Crippen molar-refractivity contribution < 1.29 is 23.9 Å². The summed E-state index contributed by atoms with van der Waals surface area (Å²) in [6, 6.07) is 14.0. The summed E-state index contributed by atoms with van der Waals surface area (Å²) < 4.78 is 10.2. The second-order valence-corrected chi connectivity index (χ2v) is 6.40. The molecule has 0 saturated carbocycles. The van der Waals surface area contributed by atoms with Gasteiger partial charge in [-0.3, -0.25) is 9.59 Å². The van der Waals surface area contributed by atoms with Crippen LogP contribution in [0.2, 0.25) is 0 Å². The van der Waals surface area contributed by atoms with Gasteiger partial charge in [0.15, 0.2) is 6.61 Å². The lowest BCUT2D eigenvalue weighted by atomic mass is 10.2. The average molecular weight is 382 g/mol. The summed E-state index contributed by atoms with van der Waals surface area (Å²) in [5.74, 6) is -0.260. The Kier molecular flexibility index (Phi) is 6.26. The summed E-state index contributed by atoms with van der Waals surface area (Å²) in [6.45, 7) is 0.569. The maximum Gasteiger partial charge on any atom is 0.338 e. The number of carbonyl (C=O) groups excluding carboxylic acids is 3. The number of hydrogen-bond donors (Lipinski definition) is 1. The van der Waals surface area contributed by atoms with E-state index in [1.807, 2.05) is 24.3 Å². The summed E-state index contributed by atoms with van der Waals surface area (Å²) in [5.41, 5.74) is 1.85. The molecule has 1 fully saturated rings. The van der Waals surface area contributed by atoms with Gasteiger partial charge in [0.1, 0.15) is 5.75 Å². The van der Waals surface area contributed by atoms with Crippen LogP contribution < -0.4 is 15.0 Å². The summed E-state index contributed by atoms with van der Waals surface area (Å²) in [5, 5.41) is 2.69. The van der Waals surface area contributed by atoms with E-state index >= 15 is 0 Å². The van der Waals surface area contributed by atoms with Gasteiger partial charge in [-0.1, -0.05) is 18.2 Å². The van der Waals surface area contributed by atoms with Crippen LogP contribution in [0.3, 0.4) is 0 Å². The number of ether oxygens (including phenoxy) is 2. The van der Waals surface area contributed by atoms with Crippen LogP contribution in [-0.4, -0.2) is 38.0 Å². The normalized spacial score (nSPS) is 13.3. The van der Waals surface area contributed by atoms with Crippen molar-refractivity contribution in [1.82, 2.24) is 5.32 Å². The van der Waals surface area contributed by atoms with E-state index in [4.69, 9.17) is 9.47 Å². The highest BCUT2D eigenvalue weighted by atomic mass is 16.5. The molecular weight excluding hydrogens is 360 g/mol. The standard InChI is InChI=1S/C21H22N2O5/c1-27-18-8-2-5-15(11-18)13-22-19(24)14-28-21(26)16-6-3-7-17(12-16)23-10-4-9-20(23)25/h2-3,5-8,11-12H,4,9-10,13-14H2,1H3,(H,22,24). The van der Waals surface area contributed by atoms with Crippen LogP contribution in [0.15, 0.2) is 48.5 Å². The van der Waals surface area contributed by atoms with Gasteiger partial charge in [0.25, 0.3) is 5.91 Å². The first-order chi connectivity index (χ1) is 13.6. The van der Waals surface area contributed by atoms with E-state index in [2.05, 4.69) is 5.32 Å². The molecule has 0 atom stereocenters. The molecule has 2 amide bonds. The smallest absolute Gasteiger partial charge is 0.338 e. The van der Waals surface area contributed by atoms with Crippen LogP contribution in [0.25, 0.3) is 0 Å². The van der Waals surface area contributed by atoms with Crippen LogP contribution in [0, 0.1) is 0 Å². The van der Waals surface area contributed by atoms with Crippen molar-refractivity contribution in [2.75, 3.05) is 25.2 Å². The minimum atomic E-state index is -0.606. The first-order valence-electron chi connectivity index (χ1n) is 9.04. The average Bonchev–Trinajstić information content (AvgIpc) is 3.16. The van der Waals surface area contributed by atoms with Crippen LogP contribution in [0.4, 0.5) is 5.69 Å². The van der Waals surface area contributed by atoms with Crippen molar-refractivity contribution in [3.63, 3.8) is 0 Å². The van der Waals surface area contributed by atoms with Crippen LogP contribution in [0.1, 0.15) is 28.8 Å². The van der Waals surface area contributed by atoms with Gasteiger partial charge in [-0.2, -0.15) is 0 Å². The lowest BCUT2D eigenvalue weighted by Gasteiger charge is -2.16. The molecule has 0 aliphatic carbocycles. The molecule has 28 heavy (non-hydrogen) atoms. The van der Waals surface area contributed by atoms with Crippen molar-refractivity contribution in [2.24, 2.45) is 0 Å². The van der Waals surface area contributed by atoms with E-state index in [9.17, 15) is 14.4 Å². The lowest BCUT2D eigenvalue weighted by Crippen LogP contribution is -2.28. The van der Waals surface area contributed by atoms with Crippen LogP contribution in [0.5, 0.6) is 5.75 Å². The van der Waals surface area contributed by atoms with Gasteiger partial charge in [-0.05, 0) is 42.3 Å². The Hall–Kier alpha value is -3.35. The zero-order valence-corrected chi connectivity index (χ0v) is 15.6. The molecule has 0 unspecified atom stereocenters. The largest absolute Gasteiger partial charge is 0.497 e. The highest BCUT2D eigenvalue weighted by Gasteiger charge is 2.22. The van der Waals surface area contributed by atoms with E-state index < -0.39 is 11.9 Å². The molecule has 1 aliphatic rings. The molecule has 1 saturated heterocycles. The maximum absolute atomic E-state index is 12.2. The molecule has 2 aromatic carbocycles. The Morgan fingerprint density at radius 2 is 1.96 bits per heavy atom. The number of carbonyl (C=O) groups is 3. The van der Waals surface area contributed by atoms with Gasteiger partial charge in [0, 0.05) is 25.2 Å². The number of nitrogens with zero attached hydrogens (tertiary/aromatic N) is 1. The third-order valence-electron chi connectivity index (χ3n) is 4.43. The summed E-state index contributed by atoms with van der Waals surface area (Å²) in [7, 11) is 1.58. The number of benzene rings is 2. The number of anilines is 1. The maximum atomic E-state index is 12.2. The molecule has 0 spiro atoms. The monoisotopic (exact) mass is 382 g/mol. The molecule has 0 radical (unpaired) electrons. The second-order valence-electron chi connectivity index (χ2n) is 6.40. The fourth-order valence-electron chi connectivity index (χ4n) is 2.97. The van der Waals surface area contributed by atoms with E-state index in [1.54, 1.807) is 36.3 Å². The van der Waals surface area contributed by atoms with Gasteiger partial charge in [-0.15, -0.1) is 0 Å². The summed E-state index contributed by atoms with van der Waals surface area (Å²) >= 11 is 0. The SMILES string of the molecule is COc1cccc(CNC(=O)COC(=O)c2cccc(N3CCCC3=O)c2)c1. The van der Waals surface area contributed by atoms with Crippen molar-refractivity contribution in [3.05, 3.63) is 59.7 Å². The van der Waals surface area contributed by atoms with E-state index in [-0.39, 0.29) is 12.5 Å². The number of nitrogens with one attached hydrogen (secondary N) is 1. The van der Waals surface area contributed by atoms with Crippen molar-refractivity contribution in [1.29, 1.82) is 0 Å². The van der Waals surface area contributed by atoms with E-state index in [1.165, 1.54) is 0 Å². The second kappa shape index (κ2) is 9.03. The van der Waals surface area contributed by atoms with Crippen molar-refractivity contribution >= 4 is 23.5 Å². The Morgan fingerprint density at radius 3 is 2.71 bits per heavy atom. The van der Waals surface area contributed by atoms with Gasteiger partial charge < -0.3 is 19.7 Å². The Morgan fingerprint density at radius 1 is 1.14 bits per heavy atom. The Balaban J connectivity index is 1.50. The fraction of sp³-hybridized carbons (Fsp3) is 0.286. The summed E-state index contributed by atoms with van der Waals surface area (Å²) in [6.07, 6.45) is 1.32. The molecule has 3 rings (SSSR count). The predicted molar refractivity (Wildman–Crippen MR) is 103 cm³/mol. The molecule has 0 bridgehead atoms. The molecule has 0 aromatic heterocycles. The number of rotatable bonds is 7. The van der Waals surface area contributed by atoms with Gasteiger partial charge in [0.2, 0.25) is 5.91 Å². The van der Waals surface area contributed by atoms with Gasteiger partial charge >= 0.3 is 5.97 Å². The molecule has 1 heterocycles. The minimum absolute atomic E-state index is 0.0439. The Bertz CT molecular complexity index is 881. The Labute approximate surface area is 163 Å². The molecule has 2 aromatic rings. The molecule has 7 heteroatoms.